The molecule has 0 unspecified atom stereocenters. The van der Waals surface area contributed by atoms with Crippen LogP contribution in [0.5, 0.6) is 0 Å². The van der Waals surface area contributed by atoms with E-state index < -0.39 is 0 Å². The highest BCUT2D eigenvalue weighted by atomic mass is 16.3. The van der Waals surface area contributed by atoms with Crippen molar-refractivity contribution in [2.75, 3.05) is 0 Å². The Kier molecular flexibility index (Phi) is 3.84. The van der Waals surface area contributed by atoms with Crippen molar-refractivity contribution >= 4 is 0 Å². The Hall–Kier alpha value is -0.760. The fourth-order valence-electron chi connectivity index (χ4n) is 2.31. The zero-order valence-corrected chi connectivity index (χ0v) is 9.59. The standard InChI is InChI=1S/C13H21NO/c1-11-8-9-15-13(11)10-14-12-6-4-2-3-5-7-12/h8-9,12,14H,2-7,10H2,1H3. The van der Waals surface area contributed by atoms with Crippen LogP contribution in [0.2, 0.25) is 0 Å². The van der Waals surface area contributed by atoms with Gasteiger partial charge >= 0.3 is 0 Å². The molecule has 2 nitrogen and oxygen atoms in total. The monoisotopic (exact) mass is 207 g/mol. The van der Waals surface area contributed by atoms with Crippen molar-refractivity contribution in [2.45, 2.75) is 58.0 Å². The van der Waals surface area contributed by atoms with Gasteiger partial charge in [-0.3, -0.25) is 0 Å². The van der Waals surface area contributed by atoms with Crippen LogP contribution in [-0.2, 0) is 6.54 Å². The number of hydrogen-bond donors (Lipinski definition) is 1. The van der Waals surface area contributed by atoms with Gasteiger partial charge in [-0.05, 0) is 31.4 Å². The SMILES string of the molecule is Cc1ccoc1CNC1CCCCCC1. The first-order valence-corrected chi connectivity index (χ1v) is 6.12. The third kappa shape index (κ3) is 3.10. The van der Waals surface area contributed by atoms with Crippen molar-refractivity contribution in [3.63, 3.8) is 0 Å². The third-order valence-corrected chi connectivity index (χ3v) is 3.37. The molecule has 2 heteroatoms. The van der Waals surface area contributed by atoms with Gasteiger partial charge in [0.25, 0.3) is 0 Å². The molecule has 1 aliphatic rings. The number of nitrogens with one attached hydrogen (secondary N) is 1. The summed E-state index contributed by atoms with van der Waals surface area (Å²) in [6, 6.07) is 2.74. The molecular weight excluding hydrogens is 186 g/mol. The van der Waals surface area contributed by atoms with Gasteiger partial charge in [-0.25, -0.2) is 0 Å². The summed E-state index contributed by atoms with van der Waals surface area (Å²) in [5, 5.41) is 3.61. The molecule has 0 spiro atoms. The lowest BCUT2D eigenvalue weighted by atomic mass is 10.1. The molecule has 1 fully saturated rings. The fraction of sp³-hybridized carbons (Fsp3) is 0.692. The zero-order chi connectivity index (χ0) is 10.5. The van der Waals surface area contributed by atoms with Crippen LogP contribution >= 0.6 is 0 Å². The van der Waals surface area contributed by atoms with Gasteiger partial charge in [0.2, 0.25) is 0 Å². The Bertz CT molecular complexity index is 284. The first-order valence-electron chi connectivity index (χ1n) is 6.12. The van der Waals surface area contributed by atoms with E-state index in [0.717, 1.165) is 12.3 Å². The van der Waals surface area contributed by atoms with Crippen molar-refractivity contribution in [1.82, 2.24) is 5.32 Å². The van der Waals surface area contributed by atoms with Crippen LogP contribution in [0.15, 0.2) is 16.7 Å². The van der Waals surface area contributed by atoms with Crippen LogP contribution in [0.1, 0.15) is 49.8 Å². The maximum Gasteiger partial charge on any atom is 0.120 e. The smallest absolute Gasteiger partial charge is 0.120 e. The number of rotatable bonds is 3. The minimum Gasteiger partial charge on any atom is -0.468 e. The molecule has 0 radical (unpaired) electrons. The van der Waals surface area contributed by atoms with E-state index >= 15 is 0 Å². The van der Waals surface area contributed by atoms with E-state index in [0.29, 0.717) is 6.04 Å². The van der Waals surface area contributed by atoms with Gasteiger partial charge < -0.3 is 9.73 Å². The Balaban J connectivity index is 1.79. The molecule has 2 rings (SSSR count). The quantitative estimate of drug-likeness (QED) is 0.768. The molecule has 0 saturated heterocycles. The molecule has 1 heterocycles. The maximum atomic E-state index is 5.42. The van der Waals surface area contributed by atoms with Gasteiger partial charge in [0.1, 0.15) is 5.76 Å². The molecule has 0 aromatic carbocycles. The van der Waals surface area contributed by atoms with Crippen molar-refractivity contribution < 1.29 is 4.42 Å². The van der Waals surface area contributed by atoms with Crippen LogP contribution in [-0.4, -0.2) is 6.04 Å². The molecule has 0 aliphatic heterocycles. The van der Waals surface area contributed by atoms with E-state index in [1.54, 1.807) is 6.26 Å². The van der Waals surface area contributed by atoms with Crippen molar-refractivity contribution in [2.24, 2.45) is 0 Å². The molecule has 0 bridgehead atoms. The van der Waals surface area contributed by atoms with Gasteiger partial charge in [0.15, 0.2) is 0 Å². The molecular formula is C13H21NO. The van der Waals surface area contributed by atoms with Crippen molar-refractivity contribution in [3.05, 3.63) is 23.7 Å². The molecule has 0 amide bonds. The van der Waals surface area contributed by atoms with Crippen LogP contribution in [0.3, 0.4) is 0 Å². The van der Waals surface area contributed by atoms with E-state index in [1.165, 1.54) is 44.1 Å². The number of furan rings is 1. The van der Waals surface area contributed by atoms with Gasteiger partial charge in [-0.2, -0.15) is 0 Å². The van der Waals surface area contributed by atoms with E-state index in [1.807, 2.05) is 6.07 Å². The summed E-state index contributed by atoms with van der Waals surface area (Å²) < 4.78 is 5.42. The lowest BCUT2D eigenvalue weighted by Crippen LogP contribution is -2.27. The number of aryl methyl sites for hydroxylation is 1. The zero-order valence-electron chi connectivity index (χ0n) is 9.59. The van der Waals surface area contributed by atoms with Gasteiger partial charge in [0.05, 0.1) is 12.8 Å². The molecule has 0 atom stereocenters. The van der Waals surface area contributed by atoms with E-state index in [9.17, 15) is 0 Å². The van der Waals surface area contributed by atoms with Crippen molar-refractivity contribution in [3.8, 4) is 0 Å². The van der Waals surface area contributed by atoms with Crippen LogP contribution in [0.4, 0.5) is 0 Å². The lowest BCUT2D eigenvalue weighted by molar-refractivity contribution is 0.415. The second-order valence-corrected chi connectivity index (χ2v) is 4.60. The maximum absolute atomic E-state index is 5.42. The number of hydrogen-bond acceptors (Lipinski definition) is 2. The van der Waals surface area contributed by atoms with Gasteiger partial charge in [-0.1, -0.05) is 25.7 Å². The van der Waals surface area contributed by atoms with Crippen LogP contribution in [0.25, 0.3) is 0 Å². The normalized spacial score (nSPS) is 19.0. The van der Waals surface area contributed by atoms with Crippen molar-refractivity contribution in [1.29, 1.82) is 0 Å². The second-order valence-electron chi connectivity index (χ2n) is 4.60. The van der Waals surface area contributed by atoms with Crippen LogP contribution in [0, 0.1) is 6.92 Å². The summed E-state index contributed by atoms with van der Waals surface area (Å²) in [5.41, 5.74) is 1.26. The Labute approximate surface area is 92.1 Å². The second kappa shape index (κ2) is 5.36. The summed E-state index contributed by atoms with van der Waals surface area (Å²) in [6.07, 6.45) is 10.0. The third-order valence-electron chi connectivity index (χ3n) is 3.37. The highest BCUT2D eigenvalue weighted by molar-refractivity contribution is 5.14. The summed E-state index contributed by atoms with van der Waals surface area (Å²) in [5.74, 6) is 1.10. The minimum atomic E-state index is 0.706. The summed E-state index contributed by atoms with van der Waals surface area (Å²) in [6.45, 7) is 3.00. The van der Waals surface area contributed by atoms with E-state index in [4.69, 9.17) is 4.42 Å². The molecule has 1 aliphatic carbocycles. The minimum absolute atomic E-state index is 0.706. The summed E-state index contributed by atoms with van der Waals surface area (Å²) in [4.78, 5) is 0. The van der Waals surface area contributed by atoms with E-state index in [-0.39, 0.29) is 0 Å². The highest BCUT2D eigenvalue weighted by Gasteiger charge is 2.12. The molecule has 1 aromatic rings. The van der Waals surface area contributed by atoms with E-state index in [2.05, 4.69) is 12.2 Å². The molecule has 1 aromatic heterocycles. The average molecular weight is 207 g/mol. The highest BCUT2D eigenvalue weighted by Crippen LogP contribution is 2.18. The lowest BCUT2D eigenvalue weighted by Gasteiger charge is -2.15. The van der Waals surface area contributed by atoms with Gasteiger partial charge in [-0.15, -0.1) is 0 Å². The Morgan fingerprint density at radius 1 is 1.27 bits per heavy atom. The topological polar surface area (TPSA) is 25.2 Å². The summed E-state index contributed by atoms with van der Waals surface area (Å²) in [7, 11) is 0. The molecule has 84 valence electrons. The average Bonchev–Trinajstić information content (AvgIpc) is 2.53. The summed E-state index contributed by atoms with van der Waals surface area (Å²) >= 11 is 0. The molecule has 1 N–H and O–H groups in total. The Morgan fingerprint density at radius 2 is 2.00 bits per heavy atom. The Morgan fingerprint density at radius 3 is 2.60 bits per heavy atom. The first kappa shape index (κ1) is 10.7. The first-order chi connectivity index (χ1) is 7.36. The van der Waals surface area contributed by atoms with Crippen LogP contribution < -0.4 is 5.32 Å². The molecule has 15 heavy (non-hydrogen) atoms. The fourth-order valence-corrected chi connectivity index (χ4v) is 2.31. The molecule has 1 saturated carbocycles. The predicted octanol–water partition coefficient (Wildman–Crippen LogP) is 3.40. The predicted molar refractivity (Wildman–Crippen MR) is 61.8 cm³/mol. The largest absolute Gasteiger partial charge is 0.468 e. The van der Waals surface area contributed by atoms with Gasteiger partial charge in [0, 0.05) is 6.04 Å².